The fourth-order valence-corrected chi connectivity index (χ4v) is 4.13. The second kappa shape index (κ2) is 9.35. The van der Waals surface area contributed by atoms with Crippen molar-refractivity contribution in [3.63, 3.8) is 0 Å². The van der Waals surface area contributed by atoms with E-state index < -0.39 is 41.5 Å². The summed E-state index contributed by atoms with van der Waals surface area (Å²) in [5.41, 5.74) is -0.197. The molecule has 2 aromatic rings. The highest BCUT2D eigenvalue weighted by Crippen LogP contribution is 2.35. The zero-order chi connectivity index (χ0) is 24.6. The number of carbonyl (C=O) groups excluding carboxylic acids is 2. The van der Waals surface area contributed by atoms with E-state index in [1.165, 1.54) is 23.5 Å². The SMILES string of the molecule is CN(C)C(=O)c1cc(N2CC[C@H](C(=O)N3N=CC[C@@H]3c3cc(F)cc(F)c3F)[C@H](F)C2)ncn1. The standard InChI is InChI=1S/C22H22F4N6O2/c1-30(2)22(34)17-9-19(28-11-27-17)31-6-4-13(16(25)10-31)21(33)32-18(3-5-29-32)14-7-12(23)8-15(24)20(14)26/h5,7-9,11,13,16,18H,3-4,6,10H2,1-2H3/t13-,16+,18+/m0/s1. The molecule has 0 bridgehead atoms. The molecule has 0 spiro atoms. The first-order chi connectivity index (χ1) is 16.2. The minimum Gasteiger partial charge on any atom is -0.354 e. The number of amides is 2. The van der Waals surface area contributed by atoms with Crippen molar-refractivity contribution < 1.29 is 27.2 Å². The van der Waals surface area contributed by atoms with Crippen LogP contribution in [0, 0.1) is 23.4 Å². The number of halogens is 4. The molecule has 2 aliphatic rings. The third-order valence-corrected chi connectivity index (χ3v) is 5.90. The van der Waals surface area contributed by atoms with Gasteiger partial charge in [-0.05, 0) is 12.5 Å². The van der Waals surface area contributed by atoms with E-state index in [9.17, 15) is 22.8 Å². The van der Waals surface area contributed by atoms with Gasteiger partial charge in [-0.2, -0.15) is 5.10 Å². The smallest absolute Gasteiger partial charge is 0.272 e. The molecule has 1 fully saturated rings. The van der Waals surface area contributed by atoms with Crippen LogP contribution in [-0.2, 0) is 4.79 Å². The minimum atomic E-state index is -1.62. The van der Waals surface area contributed by atoms with Gasteiger partial charge in [-0.3, -0.25) is 9.59 Å². The molecule has 0 saturated carbocycles. The number of hydrogen-bond donors (Lipinski definition) is 0. The number of rotatable bonds is 4. The lowest BCUT2D eigenvalue weighted by Gasteiger charge is -2.36. The average molecular weight is 478 g/mol. The number of aromatic nitrogens is 2. The molecule has 8 nitrogen and oxygen atoms in total. The van der Waals surface area contributed by atoms with Crippen molar-refractivity contribution in [1.82, 2.24) is 19.9 Å². The molecule has 0 radical (unpaired) electrons. The van der Waals surface area contributed by atoms with Crippen molar-refractivity contribution in [2.24, 2.45) is 11.0 Å². The van der Waals surface area contributed by atoms with Crippen molar-refractivity contribution in [1.29, 1.82) is 0 Å². The van der Waals surface area contributed by atoms with Crippen LogP contribution in [0.5, 0.6) is 0 Å². The summed E-state index contributed by atoms with van der Waals surface area (Å²) in [5.74, 6) is -5.38. The molecule has 0 N–H and O–H groups in total. The molecule has 1 aromatic heterocycles. The summed E-state index contributed by atoms with van der Waals surface area (Å²) in [6.45, 7) is 0.0861. The number of hydrogen-bond acceptors (Lipinski definition) is 6. The normalized spacial score (nSPS) is 22.2. The molecule has 2 amide bonds. The van der Waals surface area contributed by atoms with Gasteiger partial charge >= 0.3 is 0 Å². The second-order valence-corrected chi connectivity index (χ2v) is 8.34. The first kappa shape index (κ1) is 23.6. The fraction of sp³-hybridized carbons (Fsp3) is 0.409. The van der Waals surface area contributed by atoms with Gasteiger partial charge in [-0.25, -0.2) is 32.5 Å². The Bertz CT molecular complexity index is 1140. The van der Waals surface area contributed by atoms with Gasteiger partial charge in [0.25, 0.3) is 5.91 Å². The maximum Gasteiger partial charge on any atom is 0.272 e. The average Bonchev–Trinajstić information content (AvgIpc) is 3.30. The Hall–Kier alpha value is -3.57. The van der Waals surface area contributed by atoms with Gasteiger partial charge in [-0.15, -0.1) is 0 Å². The Kier molecular flexibility index (Phi) is 6.49. The van der Waals surface area contributed by atoms with Crippen molar-refractivity contribution in [2.45, 2.75) is 25.1 Å². The molecule has 180 valence electrons. The summed E-state index contributed by atoms with van der Waals surface area (Å²) in [7, 11) is 3.16. The molecule has 3 heterocycles. The quantitative estimate of drug-likeness (QED) is 0.499. The van der Waals surface area contributed by atoms with E-state index in [2.05, 4.69) is 15.1 Å². The first-order valence-electron chi connectivity index (χ1n) is 10.6. The number of piperidine rings is 1. The fourth-order valence-electron chi connectivity index (χ4n) is 4.13. The van der Waals surface area contributed by atoms with E-state index in [1.54, 1.807) is 19.0 Å². The number of nitrogens with zero attached hydrogens (tertiary/aromatic N) is 6. The lowest BCUT2D eigenvalue weighted by Crippen LogP contribution is -2.48. The topological polar surface area (TPSA) is 82.0 Å². The van der Waals surface area contributed by atoms with E-state index in [-0.39, 0.29) is 43.1 Å². The third-order valence-electron chi connectivity index (χ3n) is 5.90. The number of benzene rings is 1. The number of hydrazone groups is 1. The van der Waals surface area contributed by atoms with Crippen molar-refractivity contribution in [2.75, 3.05) is 32.1 Å². The zero-order valence-electron chi connectivity index (χ0n) is 18.5. The predicted octanol–water partition coefficient (Wildman–Crippen LogP) is 2.72. The van der Waals surface area contributed by atoms with Crippen LogP contribution >= 0.6 is 0 Å². The summed E-state index contributed by atoms with van der Waals surface area (Å²) < 4.78 is 56.9. The van der Waals surface area contributed by atoms with Crippen LogP contribution in [0.4, 0.5) is 23.4 Å². The highest BCUT2D eigenvalue weighted by atomic mass is 19.2. The predicted molar refractivity (Wildman–Crippen MR) is 114 cm³/mol. The molecule has 0 aliphatic carbocycles. The van der Waals surface area contributed by atoms with Gasteiger partial charge in [0.1, 0.15) is 29.8 Å². The Labute approximate surface area is 192 Å². The van der Waals surface area contributed by atoms with Crippen LogP contribution < -0.4 is 4.90 Å². The van der Waals surface area contributed by atoms with E-state index >= 15 is 4.39 Å². The zero-order valence-corrected chi connectivity index (χ0v) is 18.5. The Morgan fingerprint density at radius 3 is 2.59 bits per heavy atom. The van der Waals surface area contributed by atoms with Gasteiger partial charge in [0.2, 0.25) is 5.91 Å². The molecule has 2 aliphatic heterocycles. The molecule has 34 heavy (non-hydrogen) atoms. The molecule has 1 aromatic carbocycles. The highest BCUT2D eigenvalue weighted by Gasteiger charge is 2.41. The Morgan fingerprint density at radius 1 is 1.12 bits per heavy atom. The maximum absolute atomic E-state index is 15.2. The van der Waals surface area contributed by atoms with Gasteiger partial charge in [0.15, 0.2) is 11.6 Å². The van der Waals surface area contributed by atoms with Crippen LogP contribution in [0.2, 0.25) is 0 Å². The molecular formula is C22H22F4N6O2. The van der Waals surface area contributed by atoms with Gasteiger partial charge < -0.3 is 9.80 Å². The Morgan fingerprint density at radius 2 is 1.88 bits per heavy atom. The monoisotopic (exact) mass is 478 g/mol. The third kappa shape index (κ3) is 4.44. The Balaban J connectivity index is 1.49. The van der Waals surface area contributed by atoms with Crippen molar-refractivity contribution in [3.05, 3.63) is 53.2 Å². The van der Waals surface area contributed by atoms with Crippen molar-refractivity contribution >= 4 is 23.8 Å². The highest BCUT2D eigenvalue weighted by molar-refractivity contribution is 5.92. The molecule has 12 heteroatoms. The first-order valence-corrected chi connectivity index (χ1v) is 10.6. The molecule has 3 atom stereocenters. The summed E-state index contributed by atoms with van der Waals surface area (Å²) in [4.78, 5) is 36.3. The number of carbonyl (C=O) groups is 2. The number of alkyl halides is 1. The van der Waals surface area contributed by atoms with E-state index in [4.69, 9.17) is 0 Å². The van der Waals surface area contributed by atoms with E-state index in [0.717, 1.165) is 11.1 Å². The van der Waals surface area contributed by atoms with Crippen LogP contribution in [-0.4, -0.2) is 71.3 Å². The van der Waals surface area contributed by atoms with E-state index in [1.807, 2.05) is 0 Å². The molecule has 4 rings (SSSR count). The van der Waals surface area contributed by atoms with Gasteiger partial charge in [0, 0.05) is 51.0 Å². The summed E-state index contributed by atoms with van der Waals surface area (Å²) >= 11 is 0. The van der Waals surface area contributed by atoms with Crippen LogP contribution in [0.3, 0.4) is 0 Å². The lowest BCUT2D eigenvalue weighted by molar-refractivity contribution is -0.140. The van der Waals surface area contributed by atoms with Gasteiger partial charge in [-0.1, -0.05) is 0 Å². The van der Waals surface area contributed by atoms with Gasteiger partial charge in [0.05, 0.1) is 18.5 Å². The van der Waals surface area contributed by atoms with Crippen LogP contribution in [0.15, 0.2) is 29.6 Å². The largest absolute Gasteiger partial charge is 0.354 e. The molecular weight excluding hydrogens is 456 g/mol. The van der Waals surface area contributed by atoms with E-state index in [0.29, 0.717) is 11.9 Å². The second-order valence-electron chi connectivity index (χ2n) is 8.34. The summed E-state index contributed by atoms with van der Waals surface area (Å²) in [6, 6.07) is 1.62. The molecule has 0 unspecified atom stereocenters. The number of anilines is 1. The lowest BCUT2D eigenvalue weighted by atomic mass is 9.92. The minimum absolute atomic E-state index is 0.0466. The maximum atomic E-state index is 15.2. The van der Waals surface area contributed by atoms with Crippen LogP contribution in [0.1, 0.15) is 34.9 Å². The summed E-state index contributed by atoms with van der Waals surface area (Å²) in [6.07, 6.45) is 1.07. The van der Waals surface area contributed by atoms with Crippen molar-refractivity contribution in [3.8, 4) is 0 Å². The molecule has 1 saturated heterocycles. The van der Waals surface area contributed by atoms with Crippen LogP contribution in [0.25, 0.3) is 0 Å². The summed E-state index contributed by atoms with van der Waals surface area (Å²) in [5, 5.41) is 4.84.